The van der Waals surface area contributed by atoms with Crippen LogP contribution in [0, 0.1) is 0 Å². The Labute approximate surface area is 63.8 Å². The fraction of sp³-hybridized carbons (Fsp3) is 0.875. The van der Waals surface area contributed by atoms with Crippen LogP contribution in [-0.4, -0.2) is 13.9 Å². The third-order valence-corrected chi connectivity index (χ3v) is 5.41. The van der Waals surface area contributed by atoms with E-state index in [2.05, 4.69) is 19.6 Å². The first-order valence-corrected chi connectivity index (χ1v) is 7.59. The molecule has 0 heterocycles. The number of Topliss-reactive ketones (excluding diaryl/α,β-unsaturated/α-hetero) is 1. The molecule has 1 aliphatic rings. The van der Waals surface area contributed by atoms with Crippen LogP contribution in [0.3, 0.4) is 0 Å². The number of rotatable bonds is 1. The van der Waals surface area contributed by atoms with Crippen molar-refractivity contribution < 1.29 is 4.79 Å². The smallest absolute Gasteiger partial charge is 0.132 e. The third-order valence-electron chi connectivity index (χ3n) is 2.47. The lowest BCUT2D eigenvalue weighted by Gasteiger charge is -2.23. The Kier molecular flexibility index (Phi) is 1.99. The van der Waals surface area contributed by atoms with Crippen LogP contribution >= 0.6 is 0 Å². The van der Waals surface area contributed by atoms with Crippen LogP contribution in [0.5, 0.6) is 0 Å². The van der Waals surface area contributed by atoms with E-state index < -0.39 is 8.07 Å². The molecular weight excluding hydrogens is 140 g/mol. The van der Waals surface area contributed by atoms with E-state index in [-0.39, 0.29) is 0 Å². The van der Waals surface area contributed by atoms with Gasteiger partial charge in [-0.2, -0.15) is 0 Å². The monoisotopic (exact) mass is 156 g/mol. The average molecular weight is 156 g/mol. The van der Waals surface area contributed by atoms with E-state index in [9.17, 15) is 4.79 Å². The summed E-state index contributed by atoms with van der Waals surface area (Å²) >= 11 is 0. The summed E-state index contributed by atoms with van der Waals surface area (Å²) in [4.78, 5) is 10.9. The first kappa shape index (κ1) is 7.99. The number of hydrogen-bond acceptors (Lipinski definition) is 1. The molecule has 0 spiro atoms. The molecule has 1 aliphatic carbocycles. The van der Waals surface area contributed by atoms with Gasteiger partial charge in [-0.25, -0.2) is 0 Å². The number of hydrogen-bond donors (Lipinski definition) is 0. The SMILES string of the molecule is C[Si](C)(C)[C@H]1CCC(=O)C1. The normalized spacial score (nSPS) is 27.5. The molecule has 0 radical (unpaired) electrons. The largest absolute Gasteiger partial charge is 0.300 e. The van der Waals surface area contributed by atoms with Crippen molar-refractivity contribution in [2.45, 2.75) is 44.4 Å². The molecule has 0 bridgehead atoms. The van der Waals surface area contributed by atoms with Gasteiger partial charge in [-0.15, -0.1) is 0 Å². The minimum absolute atomic E-state index is 0.493. The van der Waals surface area contributed by atoms with Gasteiger partial charge < -0.3 is 0 Å². The van der Waals surface area contributed by atoms with Crippen molar-refractivity contribution in [1.82, 2.24) is 0 Å². The molecule has 58 valence electrons. The molecule has 0 aromatic carbocycles. The predicted octanol–water partition coefficient (Wildman–Crippen LogP) is 2.45. The van der Waals surface area contributed by atoms with Crippen LogP contribution in [0.4, 0.5) is 0 Å². The maximum absolute atomic E-state index is 10.9. The van der Waals surface area contributed by atoms with Gasteiger partial charge in [0, 0.05) is 20.9 Å². The molecule has 1 fully saturated rings. The molecule has 1 rings (SSSR count). The Balaban J connectivity index is 2.53. The topological polar surface area (TPSA) is 17.1 Å². The van der Waals surface area contributed by atoms with E-state index in [4.69, 9.17) is 0 Å². The van der Waals surface area contributed by atoms with E-state index in [1.165, 1.54) is 6.42 Å². The van der Waals surface area contributed by atoms with Gasteiger partial charge in [0.05, 0.1) is 0 Å². The lowest BCUT2D eigenvalue weighted by atomic mass is 10.4. The highest BCUT2D eigenvalue weighted by Gasteiger charge is 2.32. The highest BCUT2D eigenvalue weighted by Crippen LogP contribution is 2.36. The average Bonchev–Trinajstić information content (AvgIpc) is 2.11. The Hall–Kier alpha value is -0.113. The lowest BCUT2D eigenvalue weighted by molar-refractivity contribution is -0.117. The third kappa shape index (κ3) is 1.69. The molecule has 0 aromatic rings. The van der Waals surface area contributed by atoms with E-state index in [1.807, 2.05) is 0 Å². The zero-order valence-electron chi connectivity index (χ0n) is 7.11. The second-order valence-electron chi connectivity index (χ2n) is 4.34. The summed E-state index contributed by atoms with van der Waals surface area (Å²) in [5, 5.41) is 0. The molecule has 1 nitrogen and oxygen atoms in total. The molecule has 0 aromatic heterocycles. The van der Waals surface area contributed by atoms with Crippen molar-refractivity contribution in [3.63, 3.8) is 0 Å². The highest BCUT2D eigenvalue weighted by atomic mass is 28.3. The highest BCUT2D eigenvalue weighted by molar-refractivity contribution is 6.77. The lowest BCUT2D eigenvalue weighted by Crippen LogP contribution is -2.26. The van der Waals surface area contributed by atoms with Gasteiger partial charge in [-0.1, -0.05) is 19.6 Å². The number of carbonyl (C=O) groups is 1. The summed E-state index contributed by atoms with van der Waals surface area (Å²) in [6.45, 7) is 7.07. The van der Waals surface area contributed by atoms with Crippen molar-refractivity contribution in [1.29, 1.82) is 0 Å². The minimum atomic E-state index is -0.987. The molecular formula is C8H16OSi. The number of carbonyl (C=O) groups excluding carboxylic acids is 1. The predicted molar refractivity (Wildman–Crippen MR) is 46.0 cm³/mol. The Bertz CT molecular complexity index is 146. The standard InChI is InChI=1S/C8H16OSi/c1-10(2,3)8-5-4-7(9)6-8/h8H,4-6H2,1-3H3/t8-/m0/s1. The first-order valence-electron chi connectivity index (χ1n) is 4.02. The van der Waals surface area contributed by atoms with Crippen LogP contribution in [0.15, 0.2) is 0 Å². The maximum Gasteiger partial charge on any atom is 0.132 e. The summed E-state index contributed by atoms with van der Waals surface area (Å²) < 4.78 is 0. The molecule has 1 saturated carbocycles. The molecule has 2 heteroatoms. The zero-order valence-corrected chi connectivity index (χ0v) is 8.11. The van der Waals surface area contributed by atoms with Crippen molar-refractivity contribution in [2.75, 3.05) is 0 Å². The Morgan fingerprint density at radius 3 is 2.20 bits per heavy atom. The zero-order chi connectivity index (χ0) is 7.78. The Morgan fingerprint density at radius 1 is 1.40 bits per heavy atom. The minimum Gasteiger partial charge on any atom is -0.300 e. The van der Waals surface area contributed by atoms with Gasteiger partial charge in [0.1, 0.15) is 5.78 Å². The summed E-state index contributed by atoms with van der Waals surface area (Å²) in [7, 11) is -0.987. The molecule has 0 N–H and O–H groups in total. The van der Waals surface area contributed by atoms with E-state index >= 15 is 0 Å². The molecule has 0 amide bonds. The molecule has 0 saturated heterocycles. The van der Waals surface area contributed by atoms with Crippen LogP contribution < -0.4 is 0 Å². The van der Waals surface area contributed by atoms with E-state index in [1.54, 1.807) is 0 Å². The van der Waals surface area contributed by atoms with Gasteiger partial charge in [0.25, 0.3) is 0 Å². The van der Waals surface area contributed by atoms with E-state index in [0.29, 0.717) is 5.78 Å². The van der Waals surface area contributed by atoms with Gasteiger partial charge in [0.2, 0.25) is 0 Å². The van der Waals surface area contributed by atoms with E-state index in [0.717, 1.165) is 18.4 Å². The quantitative estimate of drug-likeness (QED) is 0.533. The van der Waals surface area contributed by atoms with Crippen molar-refractivity contribution in [3.05, 3.63) is 0 Å². The fourth-order valence-corrected chi connectivity index (χ4v) is 3.40. The summed E-state index contributed by atoms with van der Waals surface area (Å²) in [5.41, 5.74) is 0.778. The molecule has 1 atom stereocenters. The van der Waals surface area contributed by atoms with Crippen molar-refractivity contribution in [2.24, 2.45) is 0 Å². The van der Waals surface area contributed by atoms with Gasteiger partial charge in [-0.3, -0.25) is 4.79 Å². The fourth-order valence-electron chi connectivity index (χ4n) is 1.55. The first-order chi connectivity index (χ1) is 4.50. The Morgan fingerprint density at radius 2 is 2.00 bits per heavy atom. The second kappa shape index (κ2) is 2.49. The van der Waals surface area contributed by atoms with Gasteiger partial charge >= 0.3 is 0 Å². The molecule has 10 heavy (non-hydrogen) atoms. The van der Waals surface area contributed by atoms with Crippen LogP contribution in [0.2, 0.25) is 25.2 Å². The number of ketones is 1. The second-order valence-corrected chi connectivity index (χ2v) is 9.89. The van der Waals surface area contributed by atoms with Gasteiger partial charge in [-0.05, 0) is 12.0 Å². The maximum atomic E-state index is 10.9. The van der Waals surface area contributed by atoms with Crippen molar-refractivity contribution in [3.8, 4) is 0 Å². The summed E-state index contributed by atoms with van der Waals surface area (Å²) in [6, 6.07) is 0. The molecule has 0 aliphatic heterocycles. The van der Waals surface area contributed by atoms with Crippen LogP contribution in [-0.2, 0) is 4.79 Å². The van der Waals surface area contributed by atoms with Gasteiger partial charge in [0.15, 0.2) is 0 Å². The molecule has 0 unspecified atom stereocenters. The van der Waals surface area contributed by atoms with Crippen molar-refractivity contribution >= 4 is 13.9 Å². The van der Waals surface area contributed by atoms with Crippen LogP contribution in [0.25, 0.3) is 0 Å². The van der Waals surface area contributed by atoms with Crippen LogP contribution in [0.1, 0.15) is 19.3 Å². The summed E-state index contributed by atoms with van der Waals surface area (Å²) in [5.74, 6) is 0.493. The summed E-state index contributed by atoms with van der Waals surface area (Å²) in [6.07, 6.45) is 2.92.